The molecule has 0 amide bonds. The van der Waals surface area contributed by atoms with Crippen molar-refractivity contribution in [3.05, 3.63) is 24.2 Å². The Labute approximate surface area is 178 Å². The third kappa shape index (κ3) is 4.15. The monoisotopic (exact) mass is 433 g/mol. The van der Waals surface area contributed by atoms with Gasteiger partial charge in [-0.05, 0) is 31.4 Å². The summed E-state index contributed by atoms with van der Waals surface area (Å²) in [5.74, 6) is 2.67. The van der Waals surface area contributed by atoms with Crippen LogP contribution in [0.2, 0.25) is 0 Å². The van der Waals surface area contributed by atoms with Crippen molar-refractivity contribution in [1.29, 1.82) is 0 Å². The van der Waals surface area contributed by atoms with Crippen molar-refractivity contribution >= 4 is 21.7 Å². The Morgan fingerprint density at radius 3 is 1.93 bits per heavy atom. The second kappa shape index (κ2) is 8.50. The lowest BCUT2D eigenvalue weighted by molar-refractivity contribution is 0.382. The summed E-state index contributed by atoms with van der Waals surface area (Å²) < 4.78 is 29.4. The highest BCUT2D eigenvalue weighted by Crippen LogP contribution is 2.23. The number of imidazole rings is 1. The van der Waals surface area contributed by atoms with E-state index in [1.54, 1.807) is 10.8 Å². The largest absolute Gasteiger partial charge is 0.355 e. The average molecular weight is 434 g/mol. The highest BCUT2D eigenvalue weighted by atomic mass is 32.2. The van der Waals surface area contributed by atoms with E-state index in [1.165, 1.54) is 23.6 Å². The van der Waals surface area contributed by atoms with Gasteiger partial charge in [-0.15, -0.1) is 10.2 Å². The molecule has 0 unspecified atom stereocenters. The Morgan fingerprint density at radius 2 is 1.43 bits per heavy atom. The Kier molecular flexibility index (Phi) is 5.97. The molecule has 0 N–H and O–H groups in total. The molecule has 2 aliphatic rings. The summed E-state index contributed by atoms with van der Waals surface area (Å²) in [6, 6.07) is 4.02. The van der Waals surface area contributed by atoms with Crippen LogP contribution in [0, 0.1) is 0 Å². The molecule has 2 aromatic heterocycles. The van der Waals surface area contributed by atoms with Crippen LogP contribution in [0.1, 0.15) is 44.9 Å². The number of piperidine rings is 1. The minimum atomic E-state index is -3.59. The first-order chi connectivity index (χ1) is 14.4. The van der Waals surface area contributed by atoms with E-state index < -0.39 is 10.0 Å². The molecule has 2 aromatic rings. The van der Waals surface area contributed by atoms with Crippen LogP contribution >= 0.6 is 0 Å². The first kappa shape index (κ1) is 21.0. The third-order valence-corrected chi connectivity index (χ3v) is 7.66. The van der Waals surface area contributed by atoms with Gasteiger partial charge in [0.15, 0.2) is 16.7 Å². The topological polar surface area (TPSA) is 87.5 Å². The van der Waals surface area contributed by atoms with Crippen molar-refractivity contribution in [2.45, 2.75) is 44.1 Å². The standard InChI is InChI=1S/C20H31N7O2S/c1-16(2)20-21-19(15-24(20)3)30(28,29)27-13-11-26(12-14-27)18-8-7-17(22-23-18)25-9-5-4-6-10-25/h7-8,15-16H,4-6,9-14H2,1-3H3. The molecular formula is C20H31N7O2S. The zero-order valence-electron chi connectivity index (χ0n) is 18.0. The van der Waals surface area contributed by atoms with Gasteiger partial charge in [0.2, 0.25) is 0 Å². The van der Waals surface area contributed by atoms with Gasteiger partial charge in [0, 0.05) is 58.4 Å². The van der Waals surface area contributed by atoms with Crippen LogP contribution in [0.4, 0.5) is 11.6 Å². The summed E-state index contributed by atoms with van der Waals surface area (Å²) in [5.41, 5.74) is 0. The minimum absolute atomic E-state index is 0.132. The average Bonchev–Trinajstić information content (AvgIpc) is 3.17. The fourth-order valence-electron chi connectivity index (χ4n) is 4.18. The maximum Gasteiger partial charge on any atom is 0.262 e. The molecule has 0 saturated carbocycles. The number of aromatic nitrogens is 4. The number of aryl methyl sites for hydroxylation is 1. The van der Waals surface area contributed by atoms with Crippen LogP contribution in [-0.4, -0.2) is 71.7 Å². The number of rotatable bonds is 5. The Balaban J connectivity index is 1.40. The molecule has 0 bridgehead atoms. The van der Waals surface area contributed by atoms with E-state index in [2.05, 4.69) is 25.0 Å². The summed E-state index contributed by atoms with van der Waals surface area (Å²) in [5, 5.41) is 8.95. The third-order valence-electron chi connectivity index (χ3n) is 5.89. The Morgan fingerprint density at radius 1 is 0.867 bits per heavy atom. The molecule has 4 heterocycles. The highest BCUT2D eigenvalue weighted by molar-refractivity contribution is 7.89. The first-order valence-corrected chi connectivity index (χ1v) is 12.2. The van der Waals surface area contributed by atoms with E-state index >= 15 is 0 Å². The second-order valence-electron chi connectivity index (χ2n) is 8.39. The summed E-state index contributed by atoms with van der Waals surface area (Å²) in [7, 11) is -1.75. The fourth-order valence-corrected chi connectivity index (χ4v) is 5.59. The maximum atomic E-state index is 13.0. The zero-order chi connectivity index (χ0) is 21.3. The minimum Gasteiger partial charge on any atom is -0.355 e. The Hall–Kier alpha value is -2.20. The first-order valence-electron chi connectivity index (χ1n) is 10.7. The molecule has 9 nitrogen and oxygen atoms in total. The van der Waals surface area contributed by atoms with Gasteiger partial charge in [-0.25, -0.2) is 13.4 Å². The lowest BCUT2D eigenvalue weighted by Crippen LogP contribution is -2.49. The van der Waals surface area contributed by atoms with Crippen molar-refractivity contribution in [3.63, 3.8) is 0 Å². The van der Waals surface area contributed by atoms with Crippen LogP contribution in [0.3, 0.4) is 0 Å². The molecule has 2 aliphatic heterocycles. The number of hydrogen-bond donors (Lipinski definition) is 0. The van der Waals surface area contributed by atoms with Gasteiger partial charge in [-0.2, -0.15) is 4.31 Å². The predicted octanol–water partition coefficient (Wildman–Crippen LogP) is 1.83. The summed E-state index contributed by atoms with van der Waals surface area (Å²) in [6.07, 6.45) is 5.30. The van der Waals surface area contributed by atoms with Crippen molar-refractivity contribution in [3.8, 4) is 0 Å². The molecule has 0 atom stereocenters. The number of anilines is 2. The molecule has 0 radical (unpaired) electrons. The Bertz CT molecular complexity index is 958. The van der Waals surface area contributed by atoms with E-state index in [1.807, 2.05) is 33.0 Å². The van der Waals surface area contributed by atoms with Gasteiger partial charge in [0.05, 0.1) is 0 Å². The van der Waals surface area contributed by atoms with Crippen LogP contribution < -0.4 is 9.80 Å². The second-order valence-corrected chi connectivity index (χ2v) is 10.3. The molecule has 0 aromatic carbocycles. The van der Waals surface area contributed by atoms with Gasteiger partial charge in [-0.1, -0.05) is 13.8 Å². The highest BCUT2D eigenvalue weighted by Gasteiger charge is 2.31. The van der Waals surface area contributed by atoms with E-state index in [0.717, 1.165) is 30.5 Å². The summed E-state index contributed by atoms with van der Waals surface area (Å²) in [4.78, 5) is 8.76. The molecule has 0 aliphatic carbocycles. The molecular weight excluding hydrogens is 402 g/mol. The summed E-state index contributed by atoms with van der Waals surface area (Å²) >= 11 is 0. The van der Waals surface area contributed by atoms with Gasteiger partial charge >= 0.3 is 0 Å². The normalized spacial score (nSPS) is 18.9. The number of hydrogen-bond acceptors (Lipinski definition) is 7. The van der Waals surface area contributed by atoms with Crippen molar-refractivity contribution in [2.75, 3.05) is 49.1 Å². The molecule has 30 heavy (non-hydrogen) atoms. The number of sulfonamides is 1. The van der Waals surface area contributed by atoms with Crippen molar-refractivity contribution in [2.24, 2.45) is 7.05 Å². The molecule has 2 fully saturated rings. The van der Waals surface area contributed by atoms with Crippen LogP contribution in [0.15, 0.2) is 23.4 Å². The predicted molar refractivity (Wildman–Crippen MR) is 116 cm³/mol. The lowest BCUT2D eigenvalue weighted by atomic mass is 10.1. The summed E-state index contributed by atoms with van der Waals surface area (Å²) in [6.45, 7) is 8.08. The van der Waals surface area contributed by atoms with E-state index in [-0.39, 0.29) is 10.9 Å². The van der Waals surface area contributed by atoms with Gasteiger partial charge in [0.1, 0.15) is 5.82 Å². The molecule has 2 saturated heterocycles. The molecule has 164 valence electrons. The van der Waals surface area contributed by atoms with E-state index in [9.17, 15) is 8.42 Å². The molecule has 4 rings (SSSR count). The van der Waals surface area contributed by atoms with Crippen LogP contribution in [-0.2, 0) is 17.1 Å². The van der Waals surface area contributed by atoms with Crippen molar-refractivity contribution in [1.82, 2.24) is 24.1 Å². The smallest absolute Gasteiger partial charge is 0.262 e. The SMILES string of the molecule is CC(C)c1nc(S(=O)(=O)N2CCN(c3ccc(N4CCCCC4)nn3)CC2)cn1C. The van der Waals surface area contributed by atoms with Crippen LogP contribution in [0.5, 0.6) is 0 Å². The van der Waals surface area contributed by atoms with Gasteiger partial charge in [-0.3, -0.25) is 0 Å². The van der Waals surface area contributed by atoms with Gasteiger partial charge in [0.25, 0.3) is 10.0 Å². The maximum absolute atomic E-state index is 13.0. The fraction of sp³-hybridized carbons (Fsp3) is 0.650. The zero-order valence-corrected chi connectivity index (χ0v) is 18.8. The van der Waals surface area contributed by atoms with E-state index in [4.69, 9.17) is 0 Å². The quantitative estimate of drug-likeness (QED) is 0.711. The van der Waals surface area contributed by atoms with Gasteiger partial charge < -0.3 is 14.4 Å². The lowest BCUT2D eigenvalue weighted by Gasteiger charge is -2.34. The molecule has 10 heteroatoms. The number of nitrogens with zero attached hydrogens (tertiary/aromatic N) is 7. The number of piperazine rings is 1. The molecule has 0 spiro atoms. The van der Waals surface area contributed by atoms with Crippen LogP contribution in [0.25, 0.3) is 0 Å². The van der Waals surface area contributed by atoms with E-state index in [0.29, 0.717) is 26.2 Å². The van der Waals surface area contributed by atoms with Crippen molar-refractivity contribution < 1.29 is 8.42 Å².